The van der Waals surface area contributed by atoms with E-state index >= 15 is 0 Å². The molecule has 0 aromatic heterocycles. The van der Waals surface area contributed by atoms with Crippen molar-refractivity contribution < 1.29 is 22.7 Å². The summed E-state index contributed by atoms with van der Waals surface area (Å²) in [4.78, 5) is 24.8. The number of hydrogen-bond donors (Lipinski definition) is 1. The molecule has 1 N–H and O–H groups in total. The van der Waals surface area contributed by atoms with Gasteiger partial charge in [0.1, 0.15) is 0 Å². The maximum Gasteiger partial charge on any atom is 0.338 e. The molecule has 1 saturated heterocycles. The van der Waals surface area contributed by atoms with Crippen molar-refractivity contribution in [3.63, 3.8) is 0 Å². The number of hydrogen-bond acceptors (Lipinski definition) is 5. The van der Waals surface area contributed by atoms with E-state index in [9.17, 15) is 18.0 Å². The largest absolute Gasteiger partial charge is 0.462 e. The molecule has 2 aromatic carbocycles. The lowest BCUT2D eigenvalue weighted by molar-refractivity contribution is 0.0526. The molecule has 0 atom stereocenters. The average Bonchev–Trinajstić information content (AvgIpc) is 3.25. The molecule has 2 aromatic rings. The highest BCUT2D eigenvalue weighted by atomic mass is 32.2. The first-order valence-electron chi connectivity index (χ1n) is 9.94. The van der Waals surface area contributed by atoms with Crippen LogP contribution in [-0.4, -0.2) is 44.3 Å². The lowest BCUT2D eigenvalue weighted by Crippen LogP contribution is -2.28. The number of nitrogens with zero attached hydrogens (tertiary/aromatic N) is 1. The Bertz CT molecular complexity index is 1070. The number of anilines is 1. The van der Waals surface area contributed by atoms with Crippen molar-refractivity contribution in [2.75, 3.05) is 25.0 Å². The average molecular weight is 431 g/mol. The summed E-state index contributed by atoms with van der Waals surface area (Å²) in [7, 11) is -3.63. The maximum absolute atomic E-state index is 12.9. The molecule has 1 aliphatic heterocycles. The minimum atomic E-state index is -3.63. The number of esters is 1. The van der Waals surface area contributed by atoms with E-state index in [0.29, 0.717) is 35.5 Å². The fourth-order valence-electron chi connectivity index (χ4n) is 3.43. The van der Waals surface area contributed by atoms with Gasteiger partial charge in [0.05, 0.1) is 17.1 Å². The smallest absolute Gasteiger partial charge is 0.338 e. The molecule has 0 radical (unpaired) electrons. The minimum Gasteiger partial charge on any atom is -0.462 e. The highest BCUT2D eigenvalue weighted by molar-refractivity contribution is 7.89. The third-order valence-electron chi connectivity index (χ3n) is 5.12. The number of benzene rings is 2. The van der Waals surface area contributed by atoms with Gasteiger partial charge in [-0.1, -0.05) is 6.07 Å². The van der Waals surface area contributed by atoms with E-state index in [1.54, 1.807) is 51.1 Å². The second-order valence-corrected chi connectivity index (χ2v) is 9.20. The monoisotopic (exact) mass is 430 g/mol. The number of amides is 1. The Morgan fingerprint density at radius 3 is 2.30 bits per heavy atom. The normalized spacial score (nSPS) is 14.5. The highest BCUT2D eigenvalue weighted by Gasteiger charge is 2.29. The minimum absolute atomic E-state index is 0.159. The number of carbonyl (C=O) groups is 2. The third kappa shape index (κ3) is 4.55. The lowest BCUT2D eigenvalue weighted by Gasteiger charge is -2.18. The summed E-state index contributed by atoms with van der Waals surface area (Å²) in [6, 6.07) is 9.55. The van der Waals surface area contributed by atoms with E-state index in [4.69, 9.17) is 4.74 Å². The van der Waals surface area contributed by atoms with Crippen molar-refractivity contribution in [3.8, 4) is 0 Å². The van der Waals surface area contributed by atoms with Gasteiger partial charge in [0.15, 0.2) is 0 Å². The zero-order valence-corrected chi connectivity index (χ0v) is 18.2. The van der Waals surface area contributed by atoms with Crippen LogP contribution in [0.2, 0.25) is 0 Å². The van der Waals surface area contributed by atoms with Crippen LogP contribution < -0.4 is 5.32 Å². The second kappa shape index (κ2) is 8.97. The Kier molecular flexibility index (Phi) is 6.58. The molecule has 1 fully saturated rings. The zero-order chi connectivity index (χ0) is 21.9. The molecule has 30 heavy (non-hydrogen) atoms. The molecule has 0 spiro atoms. The number of aryl methyl sites for hydroxylation is 2. The first kappa shape index (κ1) is 22.0. The molecular weight excluding hydrogens is 404 g/mol. The summed E-state index contributed by atoms with van der Waals surface area (Å²) in [6.07, 6.45) is 1.69. The van der Waals surface area contributed by atoms with Crippen LogP contribution in [0.5, 0.6) is 0 Å². The lowest BCUT2D eigenvalue weighted by atomic mass is 10.1. The molecule has 8 heteroatoms. The summed E-state index contributed by atoms with van der Waals surface area (Å²) in [5.74, 6) is -0.839. The van der Waals surface area contributed by atoms with E-state index in [2.05, 4.69) is 5.32 Å². The van der Waals surface area contributed by atoms with E-state index in [1.807, 2.05) is 0 Å². The van der Waals surface area contributed by atoms with E-state index < -0.39 is 21.9 Å². The fraction of sp³-hybridized carbons (Fsp3) is 0.364. The van der Waals surface area contributed by atoms with Gasteiger partial charge < -0.3 is 10.1 Å². The Hall–Kier alpha value is -2.71. The summed E-state index contributed by atoms with van der Waals surface area (Å²) in [6.45, 7) is 6.53. The number of carbonyl (C=O) groups excluding carboxylic acids is 2. The zero-order valence-electron chi connectivity index (χ0n) is 17.4. The summed E-state index contributed by atoms with van der Waals surface area (Å²) >= 11 is 0. The van der Waals surface area contributed by atoms with Crippen LogP contribution in [0.1, 0.15) is 51.6 Å². The predicted octanol–water partition coefficient (Wildman–Crippen LogP) is 3.52. The SMILES string of the molecule is CCOC(=O)c1ccc(NC(=O)c2ccc(C)c(S(=O)(=O)N3CCCC3)c2)c(C)c1. The van der Waals surface area contributed by atoms with Crippen molar-refractivity contribution in [2.24, 2.45) is 0 Å². The summed E-state index contributed by atoms with van der Waals surface area (Å²) < 4.78 is 32.3. The van der Waals surface area contributed by atoms with Gasteiger partial charge in [-0.05, 0) is 75.1 Å². The van der Waals surface area contributed by atoms with Gasteiger partial charge in [-0.2, -0.15) is 4.31 Å². The Balaban J connectivity index is 1.83. The maximum atomic E-state index is 12.9. The molecule has 160 valence electrons. The van der Waals surface area contributed by atoms with Gasteiger partial charge in [0.2, 0.25) is 10.0 Å². The third-order valence-corrected chi connectivity index (χ3v) is 7.16. The predicted molar refractivity (Wildman–Crippen MR) is 114 cm³/mol. The van der Waals surface area contributed by atoms with E-state index in [-0.39, 0.29) is 17.1 Å². The molecule has 7 nitrogen and oxygen atoms in total. The number of ether oxygens (including phenoxy) is 1. The van der Waals surface area contributed by atoms with Gasteiger partial charge >= 0.3 is 5.97 Å². The molecule has 0 saturated carbocycles. The fourth-order valence-corrected chi connectivity index (χ4v) is 5.19. The Morgan fingerprint density at radius 1 is 1.00 bits per heavy atom. The first-order chi connectivity index (χ1) is 14.2. The van der Waals surface area contributed by atoms with Crippen molar-refractivity contribution in [2.45, 2.75) is 38.5 Å². The topological polar surface area (TPSA) is 92.8 Å². The molecular formula is C22H26N2O5S. The van der Waals surface area contributed by atoms with Gasteiger partial charge in [-0.3, -0.25) is 4.79 Å². The quantitative estimate of drug-likeness (QED) is 0.708. The number of sulfonamides is 1. The van der Waals surface area contributed by atoms with Crippen LogP contribution in [0.4, 0.5) is 5.69 Å². The van der Waals surface area contributed by atoms with E-state index in [1.165, 1.54) is 10.4 Å². The number of rotatable bonds is 6. The standard InChI is InChI=1S/C22H26N2O5S/c1-4-29-22(26)18-9-10-19(16(3)13-18)23-21(25)17-8-7-15(2)20(14-17)30(27,28)24-11-5-6-12-24/h7-10,13-14H,4-6,11-12H2,1-3H3,(H,23,25). The van der Waals surface area contributed by atoms with Gasteiger partial charge in [0.25, 0.3) is 5.91 Å². The van der Waals surface area contributed by atoms with Crippen LogP contribution in [0.15, 0.2) is 41.3 Å². The Labute approximate surface area is 177 Å². The molecule has 0 unspecified atom stereocenters. The van der Waals surface area contributed by atoms with Crippen LogP contribution in [0.25, 0.3) is 0 Å². The highest BCUT2D eigenvalue weighted by Crippen LogP contribution is 2.25. The summed E-state index contributed by atoms with van der Waals surface area (Å²) in [5, 5.41) is 2.79. The second-order valence-electron chi connectivity index (χ2n) is 7.30. The first-order valence-corrected chi connectivity index (χ1v) is 11.4. The molecule has 0 aliphatic carbocycles. The molecule has 1 amide bonds. The van der Waals surface area contributed by atoms with Crippen LogP contribution in [0.3, 0.4) is 0 Å². The van der Waals surface area contributed by atoms with Crippen molar-refractivity contribution in [1.82, 2.24) is 4.31 Å². The van der Waals surface area contributed by atoms with Crippen molar-refractivity contribution in [1.29, 1.82) is 0 Å². The van der Waals surface area contributed by atoms with Crippen LogP contribution >= 0.6 is 0 Å². The van der Waals surface area contributed by atoms with Crippen molar-refractivity contribution >= 4 is 27.6 Å². The number of nitrogens with one attached hydrogen (secondary N) is 1. The molecule has 0 bridgehead atoms. The van der Waals surface area contributed by atoms with Gasteiger partial charge in [0, 0.05) is 24.3 Å². The Morgan fingerprint density at radius 2 is 1.67 bits per heavy atom. The molecule has 1 heterocycles. The molecule has 1 aliphatic rings. The molecule has 3 rings (SSSR count). The van der Waals surface area contributed by atoms with Crippen molar-refractivity contribution in [3.05, 3.63) is 58.7 Å². The van der Waals surface area contributed by atoms with Crippen LogP contribution in [-0.2, 0) is 14.8 Å². The van der Waals surface area contributed by atoms with Gasteiger partial charge in [-0.15, -0.1) is 0 Å². The summed E-state index contributed by atoms with van der Waals surface area (Å²) in [5.41, 5.74) is 2.51. The van der Waals surface area contributed by atoms with Gasteiger partial charge in [-0.25, -0.2) is 13.2 Å². The van der Waals surface area contributed by atoms with E-state index in [0.717, 1.165) is 12.8 Å². The van der Waals surface area contributed by atoms with Crippen LogP contribution in [0, 0.1) is 13.8 Å².